The molecule has 0 spiro atoms. The Balaban J connectivity index is 0.00000341. The van der Waals surface area contributed by atoms with E-state index in [0.717, 1.165) is 40.7 Å². The fourth-order valence-electron chi connectivity index (χ4n) is 2.90. The molecule has 6 N–H and O–H groups in total. The summed E-state index contributed by atoms with van der Waals surface area (Å²) in [5.74, 6) is 1.76. The van der Waals surface area contributed by atoms with Crippen molar-refractivity contribution in [2.45, 2.75) is 52.6 Å². The number of hydrogen-bond acceptors (Lipinski definition) is 4. The van der Waals surface area contributed by atoms with Crippen molar-refractivity contribution in [2.75, 3.05) is 5.32 Å². The topological polar surface area (TPSA) is 117 Å². The maximum absolute atomic E-state index is 6.15. The normalized spacial score (nSPS) is 14.2. The zero-order valence-electron chi connectivity index (χ0n) is 18.5. The largest absolute Gasteiger partial charge is 0.383 e. The molecule has 1 heterocycles. The number of aliphatic imine (C=N–C) groups is 2. The van der Waals surface area contributed by atoms with E-state index in [-0.39, 0.29) is 24.5 Å². The molecule has 0 saturated carbocycles. The molecule has 2 aromatic carbocycles. The fraction of sp³-hybridized carbons (Fsp3) is 0.348. The van der Waals surface area contributed by atoms with Crippen molar-refractivity contribution >= 4 is 46.7 Å². The summed E-state index contributed by atoms with van der Waals surface area (Å²) in [5.41, 5.74) is 16.7. The third-order valence-electron chi connectivity index (χ3n) is 5.12. The quantitative estimate of drug-likeness (QED) is 0.298. The van der Waals surface area contributed by atoms with E-state index in [1.165, 1.54) is 0 Å². The minimum Gasteiger partial charge on any atom is -0.383 e. The maximum atomic E-state index is 6.15. The van der Waals surface area contributed by atoms with Crippen molar-refractivity contribution in [3.8, 4) is 0 Å². The Morgan fingerprint density at radius 3 is 2.06 bits per heavy atom. The number of imidazole rings is 1. The van der Waals surface area contributed by atoms with Crippen LogP contribution in [0, 0.1) is 0 Å². The lowest BCUT2D eigenvalue weighted by Gasteiger charge is -2.07. The monoisotopic (exact) mass is 441 g/mol. The van der Waals surface area contributed by atoms with Crippen LogP contribution in [-0.2, 0) is 0 Å². The first kappa shape index (κ1) is 24.2. The summed E-state index contributed by atoms with van der Waals surface area (Å²) < 4.78 is 0. The number of nitrogens with zero attached hydrogens (tertiary/aromatic N) is 3. The summed E-state index contributed by atoms with van der Waals surface area (Å²) in [6.45, 7) is 8.30. The predicted octanol–water partition coefficient (Wildman–Crippen LogP) is 4.74. The van der Waals surface area contributed by atoms with Crippen molar-refractivity contribution in [3.05, 3.63) is 53.6 Å². The van der Waals surface area contributed by atoms with Gasteiger partial charge in [0.2, 0.25) is 5.95 Å². The first-order valence-corrected chi connectivity index (χ1v) is 10.4. The number of aromatic amines is 1. The molecule has 8 heteroatoms. The third-order valence-corrected chi connectivity index (χ3v) is 5.12. The van der Waals surface area contributed by atoms with Crippen LogP contribution in [0.4, 0.5) is 11.6 Å². The van der Waals surface area contributed by atoms with E-state index in [2.05, 4.69) is 53.0 Å². The summed E-state index contributed by atoms with van der Waals surface area (Å²) in [6, 6.07) is 14.1. The van der Waals surface area contributed by atoms with Gasteiger partial charge in [0.1, 0.15) is 11.7 Å². The van der Waals surface area contributed by atoms with E-state index in [9.17, 15) is 0 Å². The number of aromatic nitrogens is 2. The highest BCUT2D eigenvalue weighted by atomic mass is 35.5. The molecule has 3 aromatic rings. The summed E-state index contributed by atoms with van der Waals surface area (Å²) in [4.78, 5) is 16.9. The average molecular weight is 442 g/mol. The molecule has 0 fully saturated rings. The maximum Gasteiger partial charge on any atom is 0.205 e. The second-order valence-electron chi connectivity index (χ2n) is 7.56. The van der Waals surface area contributed by atoms with Gasteiger partial charge in [-0.3, -0.25) is 9.98 Å². The highest BCUT2D eigenvalue weighted by molar-refractivity contribution is 6.00. The molecule has 2 atom stereocenters. The van der Waals surface area contributed by atoms with Gasteiger partial charge in [-0.05, 0) is 69.2 Å². The Morgan fingerprint density at radius 1 is 0.935 bits per heavy atom. The Labute approximate surface area is 189 Å². The van der Waals surface area contributed by atoms with Gasteiger partial charge < -0.3 is 21.8 Å². The number of H-pyrrole nitrogens is 1. The van der Waals surface area contributed by atoms with E-state index in [1.807, 2.05) is 42.5 Å². The van der Waals surface area contributed by atoms with Gasteiger partial charge in [0.05, 0.1) is 11.0 Å². The lowest BCUT2D eigenvalue weighted by molar-refractivity contribution is 0.716. The molecule has 0 radical (unpaired) electrons. The number of anilines is 2. The molecular formula is C23H32ClN7. The Kier molecular flexibility index (Phi) is 8.45. The standard InChI is InChI=1S/C23H31N7.ClH/c1-5-14(3)26-21(24)16-7-10-18(11-8-16)28-23-29-19-12-9-17(13-20(19)30-23)22(25)27-15(4)6-2;/h7-15H,5-6H2,1-4H3,(H2,24,26)(H2,25,27)(H2,28,29,30);1H. The zero-order valence-corrected chi connectivity index (χ0v) is 19.3. The first-order chi connectivity index (χ1) is 14.4. The van der Waals surface area contributed by atoms with Gasteiger partial charge in [-0.2, -0.15) is 0 Å². The number of amidine groups is 2. The van der Waals surface area contributed by atoms with E-state index >= 15 is 0 Å². The molecule has 3 rings (SSSR count). The number of benzene rings is 2. The molecule has 0 aliphatic rings. The van der Waals surface area contributed by atoms with E-state index in [4.69, 9.17) is 11.5 Å². The van der Waals surface area contributed by atoms with Crippen LogP contribution in [0.5, 0.6) is 0 Å². The van der Waals surface area contributed by atoms with Crippen LogP contribution in [0.15, 0.2) is 52.4 Å². The van der Waals surface area contributed by atoms with Crippen LogP contribution < -0.4 is 16.8 Å². The minimum absolute atomic E-state index is 0. The van der Waals surface area contributed by atoms with Gasteiger partial charge in [0.15, 0.2) is 0 Å². The van der Waals surface area contributed by atoms with E-state index < -0.39 is 0 Å². The van der Waals surface area contributed by atoms with Crippen LogP contribution in [0.2, 0.25) is 0 Å². The number of nitrogens with two attached hydrogens (primary N) is 2. The van der Waals surface area contributed by atoms with E-state index in [0.29, 0.717) is 17.6 Å². The van der Waals surface area contributed by atoms with Gasteiger partial charge in [0.25, 0.3) is 0 Å². The van der Waals surface area contributed by atoms with Gasteiger partial charge in [0, 0.05) is 28.9 Å². The molecule has 0 saturated heterocycles. The fourth-order valence-corrected chi connectivity index (χ4v) is 2.90. The lowest BCUT2D eigenvalue weighted by atomic mass is 10.2. The number of hydrogen-bond donors (Lipinski definition) is 4. The molecule has 0 aliphatic heterocycles. The molecule has 0 aliphatic carbocycles. The molecular weight excluding hydrogens is 410 g/mol. The van der Waals surface area contributed by atoms with Crippen LogP contribution in [0.25, 0.3) is 11.0 Å². The van der Waals surface area contributed by atoms with Crippen LogP contribution >= 0.6 is 12.4 Å². The lowest BCUT2D eigenvalue weighted by Crippen LogP contribution is -2.16. The van der Waals surface area contributed by atoms with Crippen molar-refractivity contribution in [3.63, 3.8) is 0 Å². The number of fused-ring (bicyclic) bond motifs is 1. The SMILES string of the molecule is CCC(C)N=C(N)c1ccc(Nc2nc3ccc(C(N)=NC(C)CC)cc3[nH]2)cc1.Cl. The van der Waals surface area contributed by atoms with Crippen molar-refractivity contribution in [1.29, 1.82) is 0 Å². The smallest absolute Gasteiger partial charge is 0.205 e. The zero-order chi connectivity index (χ0) is 21.7. The highest BCUT2D eigenvalue weighted by Crippen LogP contribution is 2.20. The van der Waals surface area contributed by atoms with Crippen LogP contribution in [0.1, 0.15) is 51.7 Å². The summed E-state index contributed by atoms with van der Waals surface area (Å²) in [6.07, 6.45) is 1.91. The predicted molar refractivity (Wildman–Crippen MR) is 134 cm³/mol. The van der Waals surface area contributed by atoms with Crippen molar-refractivity contribution in [2.24, 2.45) is 21.5 Å². The Morgan fingerprint density at radius 2 is 1.48 bits per heavy atom. The molecule has 0 bridgehead atoms. The van der Waals surface area contributed by atoms with E-state index in [1.54, 1.807) is 0 Å². The van der Waals surface area contributed by atoms with Gasteiger partial charge in [-0.15, -0.1) is 12.4 Å². The van der Waals surface area contributed by atoms with Gasteiger partial charge >= 0.3 is 0 Å². The molecule has 166 valence electrons. The third kappa shape index (κ3) is 6.21. The first-order valence-electron chi connectivity index (χ1n) is 10.4. The van der Waals surface area contributed by atoms with Gasteiger partial charge in [-0.1, -0.05) is 13.8 Å². The van der Waals surface area contributed by atoms with Crippen molar-refractivity contribution < 1.29 is 0 Å². The highest BCUT2D eigenvalue weighted by Gasteiger charge is 2.08. The summed E-state index contributed by atoms with van der Waals surface area (Å²) in [7, 11) is 0. The van der Waals surface area contributed by atoms with Gasteiger partial charge in [-0.25, -0.2) is 4.98 Å². The number of rotatable bonds is 8. The molecule has 7 nitrogen and oxygen atoms in total. The van der Waals surface area contributed by atoms with Crippen molar-refractivity contribution in [1.82, 2.24) is 9.97 Å². The number of nitrogens with one attached hydrogen (secondary N) is 2. The minimum atomic E-state index is 0. The average Bonchev–Trinajstić information content (AvgIpc) is 3.15. The van der Waals surface area contributed by atoms with Crippen LogP contribution in [0.3, 0.4) is 0 Å². The van der Waals surface area contributed by atoms with Crippen LogP contribution in [-0.4, -0.2) is 33.7 Å². The Hall–Kier alpha value is -3.06. The Bertz CT molecular complexity index is 1050. The molecule has 2 unspecified atom stereocenters. The molecule has 0 amide bonds. The molecule has 31 heavy (non-hydrogen) atoms. The second kappa shape index (κ2) is 10.8. The second-order valence-corrected chi connectivity index (χ2v) is 7.56. The number of halogens is 1. The molecule has 1 aromatic heterocycles. The summed E-state index contributed by atoms with van der Waals surface area (Å²) >= 11 is 0. The summed E-state index contributed by atoms with van der Waals surface area (Å²) in [5, 5.41) is 3.29.